The lowest BCUT2D eigenvalue weighted by Crippen LogP contribution is -2.24. The average molecular weight is 352 g/mol. The van der Waals surface area contributed by atoms with Crippen LogP contribution in [0.1, 0.15) is 27.6 Å². The van der Waals surface area contributed by atoms with Gasteiger partial charge >= 0.3 is 5.97 Å². The molecule has 0 saturated heterocycles. The predicted molar refractivity (Wildman–Crippen MR) is 96.1 cm³/mol. The fourth-order valence-corrected chi connectivity index (χ4v) is 2.67. The molecule has 0 spiro atoms. The molecule has 0 aliphatic carbocycles. The van der Waals surface area contributed by atoms with Crippen molar-refractivity contribution in [3.05, 3.63) is 77.6 Å². The van der Waals surface area contributed by atoms with Crippen LogP contribution in [-0.4, -0.2) is 25.0 Å². The molecule has 0 radical (unpaired) electrons. The van der Waals surface area contributed by atoms with E-state index in [1.165, 1.54) is 38.3 Å². The molecule has 132 valence electrons. The molecule has 0 aliphatic rings. The molecule has 0 unspecified atom stereocenters. The lowest BCUT2D eigenvalue weighted by molar-refractivity contribution is 0.0316. The van der Waals surface area contributed by atoms with Gasteiger partial charge < -0.3 is 9.47 Å². The number of carbonyl (C=O) groups excluding carboxylic acids is 2. The Morgan fingerprint density at radius 2 is 1.58 bits per heavy atom. The van der Waals surface area contributed by atoms with E-state index < -0.39 is 23.7 Å². The second-order valence-electron chi connectivity index (χ2n) is 5.82. The van der Waals surface area contributed by atoms with Crippen LogP contribution in [0.4, 0.5) is 4.39 Å². The number of ketones is 1. The SMILES string of the molecule is COc1cc2ccccc2cc1C(=O)O[C@H](C)C(=O)c1ccc(F)cc1. The largest absolute Gasteiger partial charge is 0.496 e. The third-order valence-electron chi connectivity index (χ3n) is 4.07. The van der Waals surface area contributed by atoms with Crippen molar-refractivity contribution < 1.29 is 23.5 Å². The maximum Gasteiger partial charge on any atom is 0.342 e. The van der Waals surface area contributed by atoms with Crippen molar-refractivity contribution in [3.8, 4) is 5.75 Å². The van der Waals surface area contributed by atoms with Crippen LogP contribution in [0, 0.1) is 5.82 Å². The van der Waals surface area contributed by atoms with E-state index in [1.54, 1.807) is 12.1 Å². The molecule has 4 nitrogen and oxygen atoms in total. The van der Waals surface area contributed by atoms with E-state index in [0.29, 0.717) is 5.75 Å². The highest BCUT2D eigenvalue weighted by molar-refractivity contribution is 6.03. The number of methoxy groups -OCH3 is 1. The second-order valence-corrected chi connectivity index (χ2v) is 5.82. The summed E-state index contributed by atoms with van der Waals surface area (Å²) in [6.07, 6.45) is -1.01. The van der Waals surface area contributed by atoms with Crippen molar-refractivity contribution in [2.75, 3.05) is 7.11 Å². The number of fused-ring (bicyclic) bond motifs is 1. The highest BCUT2D eigenvalue weighted by Crippen LogP contribution is 2.27. The van der Waals surface area contributed by atoms with Crippen molar-refractivity contribution >= 4 is 22.5 Å². The predicted octanol–water partition coefficient (Wildman–Crippen LogP) is 4.42. The van der Waals surface area contributed by atoms with E-state index in [9.17, 15) is 14.0 Å². The number of ether oxygens (including phenoxy) is 2. The first-order valence-electron chi connectivity index (χ1n) is 8.07. The molecule has 0 aromatic heterocycles. The van der Waals surface area contributed by atoms with Crippen molar-refractivity contribution in [2.24, 2.45) is 0 Å². The first-order chi connectivity index (χ1) is 12.5. The lowest BCUT2D eigenvalue weighted by Gasteiger charge is -2.14. The topological polar surface area (TPSA) is 52.6 Å². The number of esters is 1. The summed E-state index contributed by atoms with van der Waals surface area (Å²) >= 11 is 0. The van der Waals surface area contributed by atoms with E-state index >= 15 is 0 Å². The molecule has 3 rings (SSSR count). The van der Waals surface area contributed by atoms with Crippen LogP contribution >= 0.6 is 0 Å². The minimum atomic E-state index is -1.01. The summed E-state index contributed by atoms with van der Waals surface area (Å²) in [7, 11) is 1.47. The van der Waals surface area contributed by atoms with E-state index in [-0.39, 0.29) is 11.1 Å². The quantitative estimate of drug-likeness (QED) is 0.504. The van der Waals surface area contributed by atoms with Gasteiger partial charge in [0.2, 0.25) is 5.78 Å². The Kier molecular flexibility index (Phi) is 4.98. The summed E-state index contributed by atoms with van der Waals surface area (Å²) in [6, 6.07) is 16.1. The molecule has 0 amide bonds. The average Bonchev–Trinajstić information content (AvgIpc) is 2.66. The van der Waals surface area contributed by atoms with Crippen LogP contribution in [0.5, 0.6) is 5.75 Å². The van der Waals surface area contributed by atoms with Crippen LogP contribution < -0.4 is 4.74 Å². The second kappa shape index (κ2) is 7.35. The van der Waals surface area contributed by atoms with Crippen molar-refractivity contribution in [1.82, 2.24) is 0 Å². The number of rotatable bonds is 5. The highest BCUT2D eigenvalue weighted by Gasteiger charge is 2.23. The number of Topliss-reactive ketones (excluding diaryl/α,β-unsaturated/α-hetero) is 1. The van der Waals surface area contributed by atoms with Gasteiger partial charge in [-0.3, -0.25) is 4.79 Å². The summed E-state index contributed by atoms with van der Waals surface area (Å²) in [5.74, 6) is -1.13. The molecule has 26 heavy (non-hydrogen) atoms. The third kappa shape index (κ3) is 3.57. The van der Waals surface area contributed by atoms with Gasteiger partial charge in [0, 0.05) is 5.56 Å². The highest BCUT2D eigenvalue weighted by atomic mass is 19.1. The fourth-order valence-electron chi connectivity index (χ4n) is 2.67. The standard InChI is InChI=1S/C21H17FO4/c1-13(20(23)14-7-9-17(22)10-8-14)26-21(24)18-11-15-5-3-4-6-16(15)12-19(18)25-2/h3-13H,1-2H3/t13-/m1/s1. The summed E-state index contributed by atoms with van der Waals surface area (Å²) in [5.41, 5.74) is 0.516. The monoisotopic (exact) mass is 352 g/mol. The summed E-state index contributed by atoms with van der Waals surface area (Å²) in [6.45, 7) is 1.48. The third-order valence-corrected chi connectivity index (χ3v) is 4.07. The first-order valence-corrected chi connectivity index (χ1v) is 8.07. The Labute approximate surface area is 150 Å². The van der Waals surface area contributed by atoms with Gasteiger partial charge in [-0.05, 0) is 54.1 Å². The van der Waals surface area contributed by atoms with Gasteiger partial charge in [-0.15, -0.1) is 0 Å². The zero-order valence-corrected chi connectivity index (χ0v) is 14.4. The van der Waals surface area contributed by atoms with Gasteiger partial charge in [0.15, 0.2) is 6.10 Å². The van der Waals surface area contributed by atoms with Crippen LogP contribution in [0.25, 0.3) is 10.8 Å². The Balaban J connectivity index is 1.83. The minimum Gasteiger partial charge on any atom is -0.496 e. The Hall–Kier alpha value is -3.21. The lowest BCUT2D eigenvalue weighted by atomic mass is 10.1. The van der Waals surface area contributed by atoms with Gasteiger partial charge in [-0.25, -0.2) is 9.18 Å². The van der Waals surface area contributed by atoms with Crippen LogP contribution in [0.3, 0.4) is 0 Å². The molecule has 0 bridgehead atoms. The Bertz CT molecular complexity index is 963. The van der Waals surface area contributed by atoms with E-state index in [4.69, 9.17) is 9.47 Å². The summed E-state index contributed by atoms with van der Waals surface area (Å²) in [4.78, 5) is 24.9. The van der Waals surface area contributed by atoms with Gasteiger partial charge in [0.05, 0.1) is 7.11 Å². The van der Waals surface area contributed by atoms with Gasteiger partial charge in [0.1, 0.15) is 17.1 Å². The molecule has 0 heterocycles. The molecule has 0 N–H and O–H groups in total. The molecule has 3 aromatic rings. The number of benzene rings is 3. The minimum absolute atomic E-state index is 0.241. The molecule has 0 aliphatic heterocycles. The Morgan fingerprint density at radius 3 is 2.19 bits per heavy atom. The van der Waals surface area contributed by atoms with E-state index in [2.05, 4.69) is 0 Å². The Morgan fingerprint density at radius 1 is 0.962 bits per heavy atom. The molecular formula is C21H17FO4. The normalized spacial score (nSPS) is 11.8. The molecule has 5 heteroatoms. The number of hydrogen-bond donors (Lipinski definition) is 0. The van der Waals surface area contributed by atoms with Crippen LogP contribution in [-0.2, 0) is 4.74 Å². The van der Waals surface area contributed by atoms with Gasteiger partial charge in [-0.2, -0.15) is 0 Å². The number of hydrogen-bond acceptors (Lipinski definition) is 4. The molecular weight excluding hydrogens is 335 g/mol. The summed E-state index contributed by atoms with van der Waals surface area (Å²) < 4.78 is 23.6. The van der Waals surface area contributed by atoms with Gasteiger partial charge in [0.25, 0.3) is 0 Å². The smallest absolute Gasteiger partial charge is 0.342 e. The molecule has 0 saturated carbocycles. The maximum atomic E-state index is 13.0. The number of halogens is 1. The zero-order valence-electron chi connectivity index (χ0n) is 14.4. The fraction of sp³-hybridized carbons (Fsp3) is 0.143. The first kappa shape index (κ1) is 17.6. The van der Waals surface area contributed by atoms with Crippen molar-refractivity contribution in [3.63, 3.8) is 0 Å². The molecule has 3 aromatic carbocycles. The summed E-state index contributed by atoms with van der Waals surface area (Å²) in [5, 5.41) is 1.79. The molecule has 1 atom stereocenters. The van der Waals surface area contributed by atoms with E-state index in [1.807, 2.05) is 24.3 Å². The number of carbonyl (C=O) groups is 2. The zero-order chi connectivity index (χ0) is 18.7. The van der Waals surface area contributed by atoms with Crippen molar-refractivity contribution in [2.45, 2.75) is 13.0 Å². The van der Waals surface area contributed by atoms with Crippen molar-refractivity contribution in [1.29, 1.82) is 0 Å². The van der Waals surface area contributed by atoms with Crippen LogP contribution in [0.15, 0.2) is 60.7 Å². The van der Waals surface area contributed by atoms with E-state index in [0.717, 1.165) is 10.8 Å². The maximum absolute atomic E-state index is 13.0. The molecule has 0 fully saturated rings. The van der Waals surface area contributed by atoms with Gasteiger partial charge in [-0.1, -0.05) is 24.3 Å². The van der Waals surface area contributed by atoms with Crippen LogP contribution in [0.2, 0.25) is 0 Å².